The van der Waals surface area contributed by atoms with Gasteiger partial charge in [-0.3, -0.25) is 0 Å². The van der Waals surface area contributed by atoms with E-state index in [0.29, 0.717) is 0 Å². The van der Waals surface area contributed by atoms with E-state index in [1.54, 1.807) is 6.08 Å². The predicted molar refractivity (Wildman–Crippen MR) is 89.0 cm³/mol. The Balaban J connectivity index is 2.40. The molecule has 0 amide bonds. The molecule has 21 heavy (non-hydrogen) atoms. The van der Waals surface area contributed by atoms with Crippen molar-refractivity contribution in [1.29, 1.82) is 0 Å². The lowest BCUT2D eigenvalue weighted by Gasteiger charge is -2.25. The zero-order valence-corrected chi connectivity index (χ0v) is 13.8. The van der Waals surface area contributed by atoms with Crippen LogP contribution in [0.25, 0.3) is 6.08 Å². The molecule has 0 aromatic heterocycles. The van der Waals surface area contributed by atoms with Crippen molar-refractivity contribution in [2.24, 2.45) is 5.92 Å². The van der Waals surface area contributed by atoms with Gasteiger partial charge in [0.1, 0.15) is 5.60 Å². The average Bonchev–Trinajstić information content (AvgIpc) is 2.45. The van der Waals surface area contributed by atoms with Crippen molar-refractivity contribution in [1.82, 2.24) is 0 Å². The number of hydrogen-bond acceptors (Lipinski definition) is 2. The summed E-state index contributed by atoms with van der Waals surface area (Å²) < 4.78 is 5.55. The molecule has 0 saturated heterocycles. The fraction of sp³-hybridized carbons (Fsp3) is 0.526. The summed E-state index contributed by atoms with van der Waals surface area (Å²) in [7, 11) is 0. The lowest BCUT2D eigenvalue weighted by atomic mass is 9.95. The minimum absolute atomic E-state index is 0.271. The van der Waals surface area contributed by atoms with Crippen molar-refractivity contribution in [2.45, 2.75) is 59.0 Å². The van der Waals surface area contributed by atoms with Gasteiger partial charge in [-0.05, 0) is 44.2 Å². The van der Waals surface area contributed by atoms with Crippen LogP contribution in [0.15, 0.2) is 36.4 Å². The van der Waals surface area contributed by atoms with Gasteiger partial charge < -0.3 is 4.74 Å². The lowest BCUT2D eigenvalue weighted by molar-refractivity contribution is -0.150. The summed E-state index contributed by atoms with van der Waals surface area (Å²) in [6.45, 7) is 8.45. The molecule has 0 spiro atoms. The maximum absolute atomic E-state index is 11.9. The van der Waals surface area contributed by atoms with Crippen LogP contribution in [0.4, 0.5) is 0 Å². The molecule has 0 heterocycles. The first kappa shape index (κ1) is 17.5. The number of benzene rings is 1. The molecule has 0 aliphatic carbocycles. The molecule has 0 aliphatic heterocycles. The van der Waals surface area contributed by atoms with E-state index in [1.165, 1.54) is 18.9 Å². The van der Waals surface area contributed by atoms with Crippen molar-refractivity contribution in [3.05, 3.63) is 42.0 Å². The predicted octanol–water partition coefficient (Wildman–Crippen LogP) is 5.24. The van der Waals surface area contributed by atoms with Crippen LogP contribution in [0, 0.1) is 5.92 Å². The second-order valence-electron chi connectivity index (χ2n) is 6.33. The number of rotatable bonds is 8. The lowest BCUT2D eigenvalue weighted by Crippen LogP contribution is -2.27. The van der Waals surface area contributed by atoms with Crippen molar-refractivity contribution in [3.63, 3.8) is 0 Å². The van der Waals surface area contributed by atoms with Gasteiger partial charge in [0.15, 0.2) is 0 Å². The van der Waals surface area contributed by atoms with Crippen LogP contribution in [0.1, 0.15) is 58.9 Å². The van der Waals surface area contributed by atoms with Gasteiger partial charge in [0.25, 0.3) is 0 Å². The topological polar surface area (TPSA) is 26.3 Å². The fourth-order valence-electron chi connectivity index (χ4n) is 2.17. The minimum atomic E-state index is -0.397. The monoisotopic (exact) mass is 288 g/mol. The Morgan fingerprint density at radius 2 is 1.95 bits per heavy atom. The van der Waals surface area contributed by atoms with E-state index in [2.05, 4.69) is 13.8 Å². The third-order valence-electron chi connectivity index (χ3n) is 3.76. The molecule has 1 aromatic rings. The molecule has 0 aliphatic rings. The molecule has 2 heteroatoms. The Bertz CT molecular complexity index is 446. The standard InChI is InChI=1S/C19H28O2/c1-5-16(2)10-9-15-19(3,4)21-18(20)14-13-17-11-7-6-8-12-17/h6-8,11-14,16H,5,9-10,15H2,1-4H3. The summed E-state index contributed by atoms with van der Waals surface area (Å²) in [6, 6.07) is 9.77. The Labute approximate surface area is 129 Å². The SMILES string of the molecule is CCC(C)CCCC(C)(C)OC(=O)C=Cc1ccccc1. The highest BCUT2D eigenvalue weighted by Gasteiger charge is 2.21. The Morgan fingerprint density at radius 3 is 2.57 bits per heavy atom. The van der Waals surface area contributed by atoms with Crippen molar-refractivity contribution in [3.8, 4) is 0 Å². The minimum Gasteiger partial charge on any atom is -0.457 e. The molecule has 1 atom stereocenters. The van der Waals surface area contributed by atoms with Gasteiger partial charge in [0.05, 0.1) is 0 Å². The summed E-state index contributed by atoms with van der Waals surface area (Å²) in [4.78, 5) is 11.9. The van der Waals surface area contributed by atoms with Gasteiger partial charge in [-0.2, -0.15) is 0 Å². The molecule has 1 unspecified atom stereocenters. The summed E-state index contributed by atoms with van der Waals surface area (Å²) in [5, 5.41) is 0. The largest absolute Gasteiger partial charge is 0.457 e. The Kier molecular flexibility index (Phi) is 7.21. The van der Waals surface area contributed by atoms with Gasteiger partial charge in [-0.25, -0.2) is 4.79 Å². The maximum Gasteiger partial charge on any atom is 0.331 e. The molecule has 0 fully saturated rings. The van der Waals surface area contributed by atoms with Gasteiger partial charge in [-0.1, -0.05) is 57.0 Å². The van der Waals surface area contributed by atoms with Crippen molar-refractivity contribution >= 4 is 12.0 Å². The van der Waals surface area contributed by atoms with E-state index < -0.39 is 5.60 Å². The third kappa shape index (κ3) is 7.69. The van der Waals surface area contributed by atoms with Crippen LogP contribution < -0.4 is 0 Å². The van der Waals surface area contributed by atoms with Gasteiger partial charge >= 0.3 is 5.97 Å². The number of esters is 1. The molecular formula is C19H28O2. The third-order valence-corrected chi connectivity index (χ3v) is 3.76. The second kappa shape index (κ2) is 8.66. The maximum atomic E-state index is 11.9. The Hall–Kier alpha value is -1.57. The van der Waals surface area contributed by atoms with Crippen LogP contribution in [0.5, 0.6) is 0 Å². The van der Waals surface area contributed by atoms with E-state index in [1.807, 2.05) is 44.2 Å². The van der Waals surface area contributed by atoms with Crippen LogP contribution >= 0.6 is 0 Å². The first-order chi connectivity index (χ1) is 9.93. The highest BCUT2D eigenvalue weighted by molar-refractivity contribution is 5.87. The normalized spacial score (nSPS) is 13.3. The van der Waals surface area contributed by atoms with E-state index >= 15 is 0 Å². The smallest absolute Gasteiger partial charge is 0.331 e. The van der Waals surface area contributed by atoms with Gasteiger partial charge in [0, 0.05) is 6.08 Å². The van der Waals surface area contributed by atoms with Crippen LogP contribution in [-0.2, 0) is 9.53 Å². The molecule has 1 rings (SSSR count). The number of ether oxygens (including phenoxy) is 1. The quantitative estimate of drug-likeness (QED) is 0.483. The highest BCUT2D eigenvalue weighted by Crippen LogP contribution is 2.21. The van der Waals surface area contributed by atoms with Gasteiger partial charge in [-0.15, -0.1) is 0 Å². The zero-order valence-electron chi connectivity index (χ0n) is 13.8. The summed E-state index contributed by atoms with van der Waals surface area (Å²) in [5.74, 6) is 0.474. The highest BCUT2D eigenvalue weighted by atomic mass is 16.6. The van der Waals surface area contributed by atoms with E-state index in [9.17, 15) is 4.79 Å². The molecule has 0 N–H and O–H groups in total. The summed E-state index contributed by atoms with van der Waals surface area (Å²) in [6.07, 6.45) is 7.70. The van der Waals surface area contributed by atoms with E-state index in [4.69, 9.17) is 4.74 Å². The average molecular weight is 288 g/mol. The first-order valence-electron chi connectivity index (χ1n) is 7.89. The molecule has 116 valence electrons. The molecule has 0 saturated carbocycles. The molecule has 0 radical (unpaired) electrons. The van der Waals surface area contributed by atoms with E-state index in [-0.39, 0.29) is 5.97 Å². The molecular weight excluding hydrogens is 260 g/mol. The van der Waals surface area contributed by atoms with Crippen LogP contribution in [0.2, 0.25) is 0 Å². The number of carbonyl (C=O) groups is 1. The van der Waals surface area contributed by atoms with Crippen molar-refractivity contribution in [2.75, 3.05) is 0 Å². The van der Waals surface area contributed by atoms with E-state index in [0.717, 1.165) is 24.3 Å². The number of hydrogen-bond donors (Lipinski definition) is 0. The second-order valence-corrected chi connectivity index (χ2v) is 6.33. The van der Waals surface area contributed by atoms with Crippen molar-refractivity contribution < 1.29 is 9.53 Å². The molecule has 1 aromatic carbocycles. The molecule has 2 nitrogen and oxygen atoms in total. The molecule has 0 bridgehead atoms. The summed E-state index contributed by atoms with van der Waals surface area (Å²) in [5.41, 5.74) is 0.606. The first-order valence-corrected chi connectivity index (χ1v) is 7.89. The summed E-state index contributed by atoms with van der Waals surface area (Å²) >= 11 is 0. The zero-order chi connectivity index (χ0) is 15.7. The van der Waals surface area contributed by atoms with Crippen LogP contribution in [-0.4, -0.2) is 11.6 Å². The van der Waals surface area contributed by atoms with Crippen LogP contribution in [0.3, 0.4) is 0 Å². The fourth-order valence-corrected chi connectivity index (χ4v) is 2.17. The Morgan fingerprint density at radius 1 is 1.29 bits per heavy atom. The van der Waals surface area contributed by atoms with Gasteiger partial charge in [0.2, 0.25) is 0 Å². The number of carbonyl (C=O) groups excluding carboxylic acids is 1.